The number of nitrogens with zero attached hydrogens (tertiary/aromatic N) is 4. The molecule has 1 N–H and O–H groups in total. The lowest BCUT2D eigenvalue weighted by molar-refractivity contribution is -0.127. The van der Waals surface area contributed by atoms with Crippen LogP contribution in [-0.4, -0.2) is 43.6 Å². The van der Waals surface area contributed by atoms with Crippen LogP contribution in [0.3, 0.4) is 0 Å². The molecule has 31 heavy (non-hydrogen) atoms. The van der Waals surface area contributed by atoms with Crippen molar-refractivity contribution in [2.24, 2.45) is 0 Å². The van der Waals surface area contributed by atoms with Gasteiger partial charge >= 0.3 is 0 Å². The lowest BCUT2D eigenvalue weighted by Gasteiger charge is -2.31. The van der Waals surface area contributed by atoms with Crippen LogP contribution in [0.25, 0.3) is 17.1 Å². The number of nitrogens with one attached hydrogen (secondary N) is 1. The third-order valence-electron chi connectivity index (χ3n) is 5.79. The summed E-state index contributed by atoms with van der Waals surface area (Å²) in [7, 11) is 0. The summed E-state index contributed by atoms with van der Waals surface area (Å²) in [4.78, 5) is 22.9. The summed E-state index contributed by atoms with van der Waals surface area (Å²) in [5, 5.41) is 4.40. The number of likely N-dealkylation sites (tertiary alicyclic amines) is 1. The first-order valence-corrected chi connectivity index (χ1v) is 10.7. The van der Waals surface area contributed by atoms with Gasteiger partial charge in [-0.15, -0.1) is 0 Å². The highest BCUT2D eigenvalue weighted by Crippen LogP contribution is 2.27. The summed E-state index contributed by atoms with van der Waals surface area (Å²) in [5.41, 5.74) is 4.15. The third kappa shape index (κ3) is 4.43. The van der Waals surface area contributed by atoms with Gasteiger partial charge < -0.3 is 9.88 Å². The zero-order valence-corrected chi connectivity index (χ0v) is 17.3. The molecule has 5 rings (SSSR count). The predicted octanol–water partition coefficient (Wildman–Crippen LogP) is 4.23. The Morgan fingerprint density at radius 2 is 1.97 bits per heavy atom. The number of piperidine rings is 1. The maximum absolute atomic E-state index is 12.8. The van der Waals surface area contributed by atoms with Gasteiger partial charge in [0.2, 0.25) is 5.91 Å². The summed E-state index contributed by atoms with van der Waals surface area (Å²) in [6.45, 7) is 2.19. The molecule has 0 aliphatic carbocycles. The fourth-order valence-corrected chi connectivity index (χ4v) is 4.16. The second-order valence-electron chi connectivity index (χ2n) is 8.05. The van der Waals surface area contributed by atoms with Crippen LogP contribution < -0.4 is 0 Å². The second kappa shape index (κ2) is 8.60. The fraction of sp³-hybridized carbons (Fsp3) is 0.240. The number of amides is 1. The predicted molar refractivity (Wildman–Crippen MR) is 121 cm³/mol. The van der Waals surface area contributed by atoms with Crippen LogP contribution in [0.4, 0.5) is 0 Å². The molecule has 1 aliphatic rings. The molecule has 0 spiro atoms. The van der Waals surface area contributed by atoms with Crippen molar-refractivity contribution in [3.63, 3.8) is 0 Å². The van der Waals surface area contributed by atoms with E-state index >= 15 is 0 Å². The van der Waals surface area contributed by atoms with Crippen molar-refractivity contribution < 1.29 is 4.79 Å². The highest BCUT2D eigenvalue weighted by atomic mass is 16.2. The minimum atomic E-state index is 0.0385. The van der Waals surface area contributed by atoms with Crippen molar-refractivity contribution in [1.82, 2.24) is 24.6 Å². The Kier molecular flexibility index (Phi) is 5.35. The Labute approximate surface area is 181 Å². The van der Waals surface area contributed by atoms with Crippen molar-refractivity contribution >= 4 is 23.0 Å². The average molecular weight is 412 g/mol. The number of imidazole rings is 1. The molecule has 0 radical (unpaired) electrons. The summed E-state index contributed by atoms with van der Waals surface area (Å²) in [6, 6.07) is 18.3. The molecule has 1 fully saturated rings. The Hall–Kier alpha value is -3.67. The molecule has 1 atom stereocenters. The summed E-state index contributed by atoms with van der Waals surface area (Å²) in [6.07, 6.45) is 9.28. The minimum absolute atomic E-state index is 0.0385. The zero-order valence-electron chi connectivity index (χ0n) is 17.3. The molecule has 4 aromatic rings. The van der Waals surface area contributed by atoms with E-state index in [1.807, 2.05) is 64.3 Å². The first-order chi connectivity index (χ1) is 15.2. The Morgan fingerprint density at radius 1 is 1.13 bits per heavy atom. The van der Waals surface area contributed by atoms with E-state index in [1.165, 1.54) is 5.56 Å². The highest BCUT2D eigenvalue weighted by Gasteiger charge is 2.25. The number of aromatic amines is 1. The van der Waals surface area contributed by atoms with Crippen molar-refractivity contribution in [3.8, 4) is 0 Å². The van der Waals surface area contributed by atoms with Gasteiger partial charge in [0.1, 0.15) is 5.82 Å². The number of benzene rings is 2. The van der Waals surface area contributed by atoms with E-state index in [1.54, 1.807) is 12.3 Å². The molecule has 156 valence electrons. The minimum Gasteiger partial charge on any atom is -0.342 e. The van der Waals surface area contributed by atoms with Crippen molar-refractivity contribution in [1.29, 1.82) is 0 Å². The zero-order chi connectivity index (χ0) is 21.0. The number of fused-ring (bicyclic) bond motifs is 1. The lowest BCUT2D eigenvalue weighted by atomic mass is 9.97. The SMILES string of the molecule is O=C(/C=C/c1cnn(Cc2ccccc2)c1)N1CCC[C@H](c2nc3ccccc3[nH]2)C1. The van der Waals surface area contributed by atoms with Gasteiger partial charge in [-0.25, -0.2) is 4.98 Å². The average Bonchev–Trinajstić information content (AvgIpc) is 3.45. The number of hydrogen-bond donors (Lipinski definition) is 1. The van der Waals surface area contributed by atoms with Crippen LogP contribution in [0, 0.1) is 0 Å². The molecule has 1 amide bonds. The molecule has 0 bridgehead atoms. The van der Waals surface area contributed by atoms with Gasteiger partial charge in [-0.05, 0) is 36.6 Å². The summed E-state index contributed by atoms with van der Waals surface area (Å²) < 4.78 is 1.89. The van der Waals surface area contributed by atoms with Crippen LogP contribution in [0.15, 0.2) is 73.1 Å². The standard InChI is InChI=1S/C25H25N5O/c31-24(13-12-20-15-26-30(17-20)16-19-7-2-1-3-8-19)29-14-6-9-21(18-29)25-27-22-10-4-5-11-23(22)28-25/h1-5,7-8,10-13,15,17,21H,6,9,14,16,18H2,(H,27,28)/b13-12+/t21-/m0/s1. The monoisotopic (exact) mass is 411 g/mol. The molecule has 6 nitrogen and oxygen atoms in total. The van der Waals surface area contributed by atoms with Crippen molar-refractivity contribution in [2.75, 3.05) is 13.1 Å². The number of carbonyl (C=O) groups is 1. The highest BCUT2D eigenvalue weighted by molar-refractivity contribution is 5.91. The van der Waals surface area contributed by atoms with Gasteiger partial charge in [0.05, 0.1) is 23.8 Å². The maximum Gasteiger partial charge on any atom is 0.246 e. The largest absolute Gasteiger partial charge is 0.342 e. The van der Waals surface area contributed by atoms with Crippen LogP contribution in [0.1, 0.15) is 35.7 Å². The van der Waals surface area contributed by atoms with Crippen molar-refractivity contribution in [2.45, 2.75) is 25.3 Å². The molecule has 1 saturated heterocycles. The topological polar surface area (TPSA) is 66.8 Å². The van der Waals surface area contributed by atoms with Crippen molar-refractivity contribution in [3.05, 3.63) is 90.0 Å². The molecule has 2 aromatic carbocycles. The van der Waals surface area contributed by atoms with Gasteiger partial charge in [0, 0.05) is 36.8 Å². The number of H-pyrrole nitrogens is 1. The Balaban J connectivity index is 1.22. The summed E-state index contributed by atoms with van der Waals surface area (Å²) >= 11 is 0. The number of hydrogen-bond acceptors (Lipinski definition) is 3. The van der Waals surface area contributed by atoms with Gasteiger partial charge in [-0.3, -0.25) is 9.48 Å². The quantitative estimate of drug-likeness (QED) is 0.500. The fourth-order valence-electron chi connectivity index (χ4n) is 4.16. The van der Waals surface area contributed by atoms with E-state index in [9.17, 15) is 4.79 Å². The van der Waals surface area contributed by atoms with Crippen LogP contribution >= 0.6 is 0 Å². The smallest absolute Gasteiger partial charge is 0.246 e. The van der Waals surface area contributed by atoms with Gasteiger partial charge in [0.15, 0.2) is 0 Å². The number of aromatic nitrogens is 4. The first kappa shape index (κ1) is 19.3. The van der Waals surface area contributed by atoms with E-state index in [2.05, 4.69) is 22.2 Å². The van der Waals surface area contributed by atoms with Crippen LogP contribution in [0.5, 0.6) is 0 Å². The van der Waals surface area contributed by atoms with Crippen LogP contribution in [0.2, 0.25) is 0 Å². The van der Waals surface area contributed by atoms with Gasteiger partial charge in [-0.2, -0.15) is 5.10 Å². The Bertz CT molecular complexity index is 1170. The number of carbonyl (C=O) groups excluding carboxylic acids is 1. The molecular weight excluding hydrogens is 386 g/mol. The van der Waals surface area contributed by atoms with E-state index in [0.717, 1.165) is 41.8 Å². The van der Waals surface area contributed by atoms with E-state index in [0.29, 0.717) is 13.1 Å². The second-order valence-corrected chi connectivity index (χ2v) is 8.05. The van der Waals surface area contributed by atoms with Gasteiger partial charge in [-0.1, -0.05) is 42.5 Å². The molecule has 1 aliphatic heterocycles. The Morgan fingerprint density at radius 3 is 2.84 bits per heavy atom. The lowest BCUT2D eigenvalue weighted by Crippen LogP contribution is -2.38. The summed E-state index contributed by atoms with van der Waals surface area (Å²) in [5.74, 6) is 1.26. The molecule has 0 saturated carbocycles. The number of rotatable bonds is 5. The number of para-hydroxylation sites is 2. The van der Waals surface area contributed by atoms with Gasteiger partial charge in [0.25, 0.3) is 0 Å². The van der Waals surface area contributed by atoms with E-state index in [4.69, 9.17) is 4.98 Å². The van der Waals surface area contributed by atoms with E-state index in [-0.39, 0.29) is 11.8 Å². The first-order valence-electron chi connectivity index (χ1n) is 10.7. The normalized spacial score (nSPS) is 16.9. The maximum atomic E-state index is 12.8. The molecule has 0 unspecified atom stereocenters. The molecule has 6 heteroatoms. The molecule has 2 aromatic heterocycles. The molecular formula is C25H25N5O. The van der Waals surface area contributed by atoms with E-state index < -0.39 is 0 Å². The molecule has 3 heterocycles. The third-order valence-corrected chi connectivity index (χ3v) is 5.79. The van der Waals surface area contributed by atoms with Crippen LogP contribution in [-0.2, 0) is 11.3 Å².